The Bertz CT molecular complexity index is 1060. The van der Waals surface area contributed by atoms with Crippen LogP contribution in [0.25, 0.3) is 0 Å². The van der Waals surface area contributed by atoms with Crippen LogP contribution in [0.1, 0.15) is 26.3 Å². The molecule has 0 unspecified atom stereocenters. The number of thioether (sulfide) groups is 1. The fourth-order valence-corrected chi connectivity index (χ4v) is 3.39. The molecular formula is C23H21N3O3S. The summed E-state index contributed by atoms with van der Waals surface area (Å²) in [6, 6.07) is 21.1. The molecule has 0 saturated carbocycles. The second-order valence-corrected chi connectivity index (χ2v) is 7.68. The molecule has 0 aliphatic heterocycles. The Labute approximate surface area is 178 Å². The Balaban J connectivity index is 1.49. The van der Waals surface area contributed by atoms with Gasteiger partial charge in [-0.25, -0.2) is 0 Å². The van der Waals surface area contributed by atoms with Gasteiger partial charge >= 0.3 is 0 Å². The van der Waals surface area contributed by atoms with Gasteiger partial charge in [-0.3, -0.25) is 14.4 Å². The maximum atomic E-state index is 12.3. The Morgan fingerprint density at radius 1 is 0.833 bits per heavy atom. The van der Waals surface area contributed by atoms with Crippen molar-refractivity contribution in [3.05, 3.63) is 89.5 Å². The molecule has 0 spiro atoms. The zero-order chi connectivity index (χ0) is 21.5. The lowest BCUT2D eigenvalue weighted by Crippen LogP contribution is -2.15. The highest BCUT2D eigenvalue weighted by Crippen LogP contribution is 2.21. The molecule has 3 aromatic carbocycles. The second-order valence-electron chi connectivity index (χ2n) is 6.63. The predicted octanol–water partition coefficient (Wildman–Crippen LogP) is 4.08. The van der Waals surface area contributed by atoms with Crippen LogP contribution in [0, 0.1) is 6.92 Å². The van der Waals surface area contributed by atoms with Crippen LogP contribution in [0.3, 0.4) is 0 Å². The van der Waals surface area contributed by atoms with E-state index in [0.717, 1.165) is 10.5 Å². The minimum Gasteiger partial charge on any atom is -0.366 e. The van der Waals surface area contributed by atoms with Gasteiger partial charge < -0.3 is 16.4 Å². The normalized spacial score (nSPS) is 10.3. The van der Waals surface area contributed by atoms with Crippen LogP contribution in [0.15, 0.2) is 77.7 Å². The number of benzene rings is 3. The summed E-state index contributed by atoms with van der Waals surface area (Å²) >= 11 is 1.38. The highest BCUT2D eigenvalue weighted by atomic mass is 32.2. The Hall–Kier alpha value is -3.58. The minimum absolute atomic E-state index is 0.163. The lowest BCUT2D eigenvalue weighted by Gasteiger charge is -2.08. The van der Waals surface area contributed by atoms with Crippen molar-refractivity contribution >= 4 is 40.9 Å². The number of primary amides is 1. The van der Waals surface area contributed by atoms with Crippen molar-refractivity contribution in [2.45, 2.75) is 11.8 Å². The minimum atomic E-state index is -0.512. The first-order chi connectivity index (χ1) is 14.4. The topological polar surface area (TPSA) is 101 Å². The van der Waals surface area contributed by atoms with Gasteiger partial charge in [-0.2, -0.15) is 0 Å². The summed E-state index contributed by atoms with van der Waals surface area (Å²) in [4.78, 5) is 36.4. The van der Waals surface area contributed by atoms with E-state index in [1.807, 2.05) is 37.3 Å². The molecule has 3 rings (SSSR count). The number of hydrogen-bond acceptors (Lipinski definition) is 4. The van der Waals surface area contributed by atoms with Crippen molar-refractivity contribution in [2.24, 2.45) is 5.73 Å². The van der Waals surface area contributed by atoms with Crippen molar-refractivity contribution in [1.82, 2.24) is 0 Å². The number of aryl methyl sites for hydroxylation is 1. The third kappa shape index (κ3) is 5.96. The molecule has 0 aliphatic carbocycles. The fraction of sp³-hybridized carbons (Fsp3) is 0.0870. The lowest BCUT2D eigenvalue weighted by atomic mass is 10.1. The van der Waals surface area contributed by atoms with E-state index < -0.39 is 5.91 Å². The van der Waals surface area contributed by atoms with Crippen molar-refractivity contribution < 1.29 is 14.4 Å². The molecule has 7 heteroatoms. The monoisotopic (exact) mass is 419 g/mol. The average molecular weight is 420 g/mol. The number of rotatable bonds is 7. The molecule has 30 heavy (non-hydrogen) atoms. The maximum absolute atomic E-state index is 12.3. The largest absolute Gasteiger partial charge is 0.366 e. The van der Waals surface area contributed by atoms with Gasteiger partial charge in [-0.05, 0) is 67.6 Å². The van der Waals surface area contributed by atoms with Crippen LogP contribution in [0.2, 0.25) is 0 Å². The van der Waals surface area contributed by atoms with E-state index in [2.05, 4.69) is 10.6 Å². The summed E-state index contributed by atoms with van der Waals surface area (Å²) in [6.45, 7) is 1.94. The highest BCUT2D eigenvalue weighted by Gasteiger charge is 2.08. The van der Waals surface area contributed by atoms with Gasteiger partial charge in [0.1, 0.15) is 0 Å². The van der Waals surface area contributed by atoms with Crippen molar-refractivity contribution in [3.63, 3.8) is 0 Å². The van der Waals surface area contributed by atoms with Gasteiger partial charge in [0.15, 0.2) is 0 Å². The number of carbonyl (C=O) groups excluding carboxylic acids is 3. The molecule has 0 aliphatic rings. The van der Waals surface area contributed by atoms with Gasteiger partial charge in [0.2, 0.25) is 11.8 Å². The predicted molar refractivity (Wildman–Crippen MR) is 120 cm³/mol. The molecule has 0 saturated heterocycles. The third-order valence-corrected chi connectivity index (χ3v) is 5.23. The van der Waals surface area contributed by atoms with Crippen molar-refractivity contribution in [3.8, 4) is 0 Å². The van der Waals surface area contributed by atoms with Crippen molar-refractivity contribution in [2.75, 3.05) is 16.4 Å². The number of hydrogen-bond donors (Lipinski definition) is 3. The SMILES string of the molecule is Cc1cccc(C(=O)Nc2ccc(SCC(=O)Nc3ccc(C(N)=O)cc3)cc2)c1. The van der Waals surface area contributed by atoms with E-state index in [9.17, 15) is 14.4 Å². The molecule has 0 atom stereocenters. The molecule has 3 aromatic rings. The van der Waals surface area contributed by atoms with E-state index in [0.29, 0.717) is 22.5 Å². The number of amides is 3. The first-order valence-corrected chi connectivity index (χ1v) is 10.2. The molecule has 0 aromatic heterocycles. The summed E-state index contributed by atoms with van der Waals surface area (Å²) in [5, 5.41) is 5.63. The quantitative estimate of drug-likeness (QED) is 0.502. The molecule has 0 bridgehead atoms. The fourth-order valence-electron chi connectivity index (χ4n) is 2.69. The van der Waals surface area contributed by atoms with Crippen LogP contribution in [0.5, 0.6) is 0 Å². The molecule has 4 N–H and O–H groups in total. The summed E-state index contributed by atoms with van der Waals surface area (Å²) in [5.74, 6) is -0.613. The van der Waals surface area contributed by atoms with Crippen LogP contribution in [-0.2, 0) is 4.79 Å². The molecule has 0 fully saturated rings. The van der Waals surface area contributed by atoms with Crippen LogP contribution in [-0.4, -0.2) is 23.5 Å². The highest BCUT2D eigenvalue weighted by molar-refractivity contribution is 8.00. The molecule has 3 amide bonds. The van der Waals surface area contributed by atoms with Gasteiger partial charge in [0.05, 0.1) is 5.75 Å². The maximum Gasteiger partial charge on any atom is 0.255 e. The first-order valence-electron chi connectivity index (χ1n) is 9.21. The van der Waals surface area contributed by atoms with Crippen LogP contribution < -0.4 is 16.4 Å². The summed E-state index contributed by atoms with van der Waals surface area (Å²) < 4.78 is 0. The zero-order valence-electron chi connectivity index (χ0n) is 16.3. The average Bonchev–Trinajstić information content (AvgIpc) is 2.73. The van der Waals surface area contributed by atoms with Crippen LogP contribution >= 0.6 is 11.8 Å². The Morgan fingerprint density at radius 3 is 2.10 bits per heavy atom. The van der Waals surface area contributed by atoms with Gasteiger partial charge in [0, 0.05) is 27.4 Å². The zero-order valence-corrected chi connectivity index (χ0v) is 17.2. The molecular weight excluding hydrogens is 398 g/mol. The van der Waals surface area contributed by atoms with E-state index in [-0.39, 0.29) is 17.6 Å². The van der Waals surface area contributed by atoms with E-state index in [1.165, 1.54) is 11.8 Å². The lowest BCUT2D eigenvalue weighted by molar-refractivity contribution is -0.113. The number of nitrogens with two attached hydrogens (primary N) is 1. The molecule has 152 valence electrons. The summed E-state index contributed by atoms with van der Waals surface area (Å²) in [6.07, 6.45) is 0. The molecule has 6 nitrogen and oxygen atoms in total. The number of anilines is 2. The van der Waals surface area contributed by atoms with Gasteiger partial charge in [-0.1, -0.05) is 17.7 Å². The third-order valence-electron chi connectivity index (χ3n) is 4.22. The Kier molecular flexibility index (Phi) is 6.87. The van der Waals surface area contributed by atoms with E-state index >= 15 is 0 Å². The standard InChI is InChI=1S/C23H21N3O3S/c1-15-3-2-4-17(13-15)23(29)26-19-9-11-20(12-10-19)30-14-21(27)25-18-7-5-16(6-8-18)22(24)28/h2-13H,14H2,1H3,(H2,24,28)(H,25,27)(H,26,29). The van der Waals surface area contributed by atoms with Gasteiger partial charge in [0.25, 0.3) is 5.91 Å². The smallest absolute Gasteiger partial charge is 0.255 e. The number of nitrogens with one attached hydrogen (secondary N) is 2. The van der Waals surface area contributed by atoms with Crippen molar-refractivity contribution in [1.29, 1.82) is 0 Å². The van der Waals surface area contributed by atoms with Gasteiger partial charge in [-0.15, -0.1) is 11.8 Å². The number of carbonyl (C=O) groups is 3. The summed E-state index contributed by atoms with van der Waals surface area (Å²) in [5.41, 5.74) is 8.50. The second kappa shape index (κ2) is 9.76. The molecule has 0 heterocycles. The Morgan fingerprint density at radius 2 is 1.47 bits per heavy atom. The van der Waals surface area contributed by atoms with E-state index in [4.69, 9.17) is 5.73 Å². The van der Waals surface area contributed by atoms with Crippen LogP contribution in [0.4, 0.5) is 11.4 Å². The summed E-state index contributed by atoms with van der Waals surface area (Å²) in [7, 11) is 0. The molecule has 0 radical (unpaired) electrons. The first kappa shape index (κ1) is 21.1. The van der Waals surface area contributed by atoms with E-state index in [1.54, 1.807) is 42.5 Å².